The largest absolute Gasteiger partial charge is 0.352 e. The van der Waals surface area contributed by atoms with Gasteiger partial charge in [0.25, 0.3) is 0 Å². The van der Waals surface area contributed by atoms with Gasteiger partial charge in [0.15, 0.2) is 0 Å². The third-order valence-electron chi connectivity index (χ3n) is 7.45. The first kappa shape index (κ1) is 19.6. The number of rotatable bonds is 5. The van der Waals surface area contributed by atoms with Gasteiger partial charge < -0.3 is 5.32 Å². The molecule has 0 aromatic carbocycles. The van der Waals surface area contributed by atoms with E-state index in [1.54, 1.807) is 0 Å². The van der Waals surface area contributed by atoms with E-state index in [1.165, 1.54) is 32.2 Å². The van der Waals surface area contributed by atoms with Crippen LogP contribution in [0.4, 0.5) is 0 Å². The summed E-state index contributed by atoms with van der Waals surface area (Å²) >= 11 is 0. The molecule has 7 nitrogen and oxygen atoms in total. The number of fused-ring (bicyclic) bond motifs is 1. The maximum Gasteiger partial charge on any atom is 0.237 e. The summed E-state index contributed by atoms with van der Waals surface area (Å²) in [7, 11) is 2.16. The Kier molecular flexibility index (Phi) is 6.34. The molecule has 1 aliphatic carbocycles. The summed E-state index contributed by atoms with van der Waals surface area (Å²) in [6, 6.07) is 0.977. The lowest BCUT2D eigenvalue weighted by atomic mass is 9.77. The van der Waals surface area contributed by atoms with Crippen molar-refractivity contribution >= 4 is 5.91 Å². The van der Waals surface area contributed by atoms with Crippen LogP contribution in [-0.2, 0) is 4.79 Å². The summed E-state index contributed by atoms with van der Waals surface area (Å²) in [4.78, 5) is 17.7. The molecule has 1 saturated carbocycles. The summed E-state index contributed by atoms with van der Waals surface area (Å²) in [5, 5.41) is 6.86. The average Bonchev–Trinajstić information content (AvgIpc) is 3.30. The summed E-state index contributed by atoms with van der Waals surface area (Å²) in [6.07, 6.45) is 9.92. The maximum absolute atomic E-state index is 12.8. The molecule has 1 amide bonds. The van der Waals surface area contributed by atoms with Gasteiger partial charge in [0.1, 0.15) is 0 Å². The quantitative estimate of drug-likeness (QED) is 0.567. The van der Waals surface area contributed by atoms with Crippen LogP contribution in [0.3, 0.4) is 0 Å². The van der Waals surface area contributed by atoms with E-state index >= 15 is 0 Å². The van der Waals surface area contributed by atoms with E-state index in [2.05, 4.69) is 45.3 Å². The van der Waals surface area contributed by atoms with Crippen LogP contribution in [-0.4, -0.2) is 66.9 Å². The Morgan fingerprint density at radius 3 is 2.89 bits per heavy atom. The summed E-state index contributed by atoms with van der Waals surface area (Å²) < 4.78 is 0. The van der Waals surface area contributed by atoms with Gasteiger partial charge in [-0.05, 0) is 64.0 Å². The highest BCUT2D eigenvalue weighted by Gasteiger charge is 2.36. The first-order valence-electron chi connectivity index (χ1n) is 11.1. The second kappa shape index (κ2) is 8.74. The van der Waals surface area contributed by atoms with Crippen molar-refractivity contribution in [2.24, 2.45) is 11.8 Å². The molecule has 0 radical (unpaired) electrons. The third kappa shape index (κ3) is 4.65. The van der Waals surface area contributed by atoms with Gasteiger partial charge in [-0.15, -0.1) is 0 Å². The minimum atomic E-state index is 0.00422. The molecule has 7 heteroatoms. The Morgan fingerprint density at radius 1 is 1.19 bits per heavy atom. The highest BCUT2D eigenvalue weighted by Crippen LogP contribution is 2.33. The number of nitrogens with zero attached hydrogens (tertiary/aromatic N) is 2. The van der Waals surface area contributed by atoms with Crippen LogP contribution in [0.5, 0.6) is 0 Å². The second-order valence-corrected chi connectivity index (χ2v) is 9.36. The fraction of sp³-hybridized carbons (Fsp3) is 0.950. The molecule has 4 aliphatic rings. The molecule has 6 atom stereocenters. The summed E-state index contributed by atoms with van der Waals surface area (Å²) in [6.45, 7) is 5.37. The van der Waals surface area contributed by atoms with Crippen LogP contribution in [0.1, 0.15) is 58.3 Å². The van der Waals surface area contributed by atoms with Crippen molar-refractivity contribution < 1.29 is 4.79 Å². The van der Waals surface area contributed by atoms with Crippen LogP contribution >= 0.6 is 0 Å². The van der Waals surface area contributed by atoms with Crippen molar-refractivity contribution in [2.75, 3.05) is 26.9 Å². The van der Waals surface area contributed by atoms with Crippen LogP contribution in [0, 0.1) is 11.8 Å². The zero-order chi connectivity index (χ0) is 18.8. The Balaban J connectivity index is 1.25. The highest BCUT2D eigenvalue weighted by molar-refractivity contribution is 5.82. The minimum Gasteiger partial charge on any atom is -0.352 e. The third-order valence-corrected chi connectivity index (χ3v) is 7.45. The fourth-order valence-electron chi connectivity index (χ4n) is 5.62. The van der Waals surface area contributed by atoms with Gasteiger partial charge >= 0.3 is 0 Å². The van der Waals surface area contributed by atoms with Gasteiger partial charge in [-0.25, -0.2) is 10.9 Å². The van der Waals surface area contributed by atoms with Gasteiger partial charge in [-0.3, -0.25) is 19.9 Å². The molecule has 5 unspecified atom stereocenters. The maximum atomic E-state index is 12.8. The molecule has 154 valence electrons. The zero-order valence-corrected chi connectivity index (χ0v) is 17.0. The van der Waals surface area contributed by atoms with Crippen molar-refractivity contribution in [3.63, 3.8) is 0 Å². The van der Waals surface area contributed by atoms with Crippen molar-refractivity contribution in [1.82, 2.24) is 31.3 Å². The second-order valence-electron chi connectivity index (χ2n) is 9.36. The molecular formula is C20H38N6O. The number of hydrazine groups is 1. The van der Waals surface area contributed by atoms with Crippen LogP contribution in [0.15, 0.2) is 0 Å². The smallest absolute Gasteiger partial charge is 0.237 e. The first-order valence-corrected chi connectivity index (χ1v) is 11.1. The predicted octanol–water partition coefficient (Wildman–Crippen LogP) is 0.795. The minimum absolute atomic E-state index is 0.00422. The number of nitrogens with one attached hydrogen (secondary N) is 4. The SMILES string of the molecule is C[C@H](CC1NNCN1C)C1CCCC(NC(=O)C2CC3CCCN3CN2)C1. The molecule has 0 spiro atoms. The van der Waals surface area contributed by atoms with Gasteiger partial charge in [-0.2, -0.15) is 0 Å². The topological polar surface area (TPSA) is 71.7 Å². The molecule has 4 N–H and O–H groups in total. The number of amides is 1. The standard InChI is InChI=1S/C20H38N6O/c1-14(9-19-24-22-13-25(19)2)15-5-3-6-16(10-15)23-20(27)18-11-17-7-4-8-26(17)12-21-18/h14-19,21-22,24H,3-13H2,1-2H3,(H,23,27)/t14-,15?,16?,17?,18?,19?/m1/s1. The molecule has 3 heterocycles. The lowest BCUT2D eigenvalue weighted by Gasteiger charge is -2.38. The van der Waals surface area contributed by atoms with E-state index in [4.69, 9.17) is 0 Å². The molecule has 4 rings (SSSR count). The van der Waals surface area contributed by atoms with E-state index in [1.807, 2.05) is 0 Å². The first-order chi connectivity index (χ1) is 13.1. The Hall–Kier alpha value is -0.730. The summed E-state index contributed by atoms with van der Waals surface area (Å²) in [5.41, 5.74) is 6.60. The lowest BCUT2D eigenvalue weighted by molar-refractivity contribution is -0.125. The van der Waals surface area contributed by atoms with E-state index < -0.39 is 0 Å². The molecular weight excluding hydrogens is 340 g/mol. The molecule has 27 heavy (non-hydrogen) atoms. The van der Waals surface area contributed by atoms with E-state index in [0.29, 0.717) is 30.1 Å². The van der Waals surface area contributed by atoms with Crippen molar-refractivity contribution in [2.45, 2.75) is 82.6 Å². The van der Waals surface area contributed by atoms with E-state index in [9.17, 15) is 4.79 Å². The number of hydrogen-bond acceptors (Lipinski definition) is 6. The number of hydrogen-bond donors (Lipinski definition) is 4. The number of carbonyl (C=O) groups excluding carboxylic acids is 1. The molecule has 3 saturated heterocycles. The predicted molar refractivity (Wildman–Crippen MR) is 106 cm³/mol. The molecule has 0 bridgehead atoms. The van der Waals surface area contributed by atoms with E-state index in [0.717, 1.165) is 39.0 Å². The van der Waals surface area contributed by atoms with Crippen molar-refractivity contribution in [3.8, 4) is 0 Å². The lowest BCUT2D eigenvalue weighted by Crippen LogP contribution is -2.57. The molecule has 0 aromatic heterocycles. The van der Waals surface area contributed by atoms with Gasteiger partial charge in [-0.1, -0.05) is 19.8 Å². The monoisotopic (exact) mass is 378 g/mol. The molecule has 0 aromatic rings. The Morgan fingerprint density at radius 2 is 2.07 bits per heavy atom. The van der Waals surface area contributed by atoms with E-state index in [-0.39, 0.29) is 11.9 Å². The highest BCUT2D eigenvalue weighted by atomic mass is 16.2. The number of carbonyl (C=O) groups is 1. The molecule has 4 fully saturated rings. The average molecular weight is 379 g/mol. The summed E-state index contributed by atoms with van der Waals surface area (Å²) in [5.74, 6) is 1.62. The van der Waals surface area contributed by atoms with Gasteiger partial charge in [0.2, 0.25) is 5.91 Å². The molecule has 3 aliphatic heterocycles. The van der Waals surface area contributed by atoms with Gasteiger partial charge in [0.05, 0.1) is 18.9 Å². The zero-order valence-electron chi connectivity index (χ0n) is 17.0. The Bertz CT molecular complexity index is 517. The van der Waals surface area contributed by atoms with Crippen molar-refractivity contribution in [1.29, 1.82) is 0 Å². The normalized spacial score (nSPS) is 39.3. The van der Waals surface area contributed by atoms with Crippen LogP contribution in [0.2, 0.25) is 0 Å². The van der Waals surface area contributed by atoms with Crippen LogP contribution < -0.4 is 21.5 Å². The Labute approximate surface area is 164 Å². The van der Waals surface area contributed by atoms with Gasteiger partial charge in [0, 0.05) is 18.8 Å². The fourth-order valence-corrected chi connectivity index (χ4v) is 5.62. The van der Waals surface area contributed by atoms with Crippen molar-refractivity contribution in [3.05, 3.63) is 0 Å². The van der Waals surface area contributed by atoms with Crippen LogP contribution in [0.25, 0.3) is 0 Å².